The van der Waals surface area contributed by atoms with Crippen LogP contribution >= 0.6 is 15.9 Å². The van der Waals surface area contributed by atoms with Crippen molar-refractivity contribution in [1.29, 1.82) is 0 Å². The van der Waals surface area contributed by atoms with Gasteiger partial charge in [0.15, 0.2) is 6.61 Å². The lowest BCUT2D eigenvalue weighted by Crippen LogP contribution is -2.18. The van der Waals surface area contributed by atoms with Crippen molar-refractivity contribution in [3.8, 4) is 11.5 Å². The monoisotopic (exact) mass is 448 g/mol. The highest BCUT2D eigenvalue weighted by Gasteiger charge is 2.16. The zero-order chi connectivity index (χ0) is 20.9. The van der Waals surface area contributed by atoms with Crippen molar-refractivity contribution in [3.05, 3.63) is 58.1 Å². The first-order valence-electron chi connectivity index (χ1n) is 9.01. The van der Waals surface area contributed by atoms with Crippen molar-refractivity contribution in [1.82, 2.24) is 0 Å². The fraction of sp³-hybridized carbons (Fsp3) is 0.364. The number of benzene rings is 2. The molecule has 0 bridgehead atoms. The fourth-order valence-corrected chi connectivity index (χ4v) is 2.82. The highest BCUT2D eigenvalue weighted by atomic mass is 79.9. The second-order valence-electron chi connectivity index (χ2n) is 7.64. The summed E-state index contributed by atoms with van der Waals surface area (Å²) in [5, 5.41) is 0. The molecule has 0 atom stereocenters. The van der Waals surface area contributed by atoms with Gasteiger partial charge in [-0.15, -0.1) is 0 Å². The number of halogens is 1. The van der Waals surface area contributed by atoms with Gasteiger partial charge in [-0.1, -0.05) is 26.8 Å². The number of rotatable bonds is 6. The molecule has 0 unspecified atom stereocenters. The predicted octanol–water partition coefficient (Wildman–Crippen LogP) is 5.30. The Kier molecular flexibility index (Phi) is 7.24. The summed E-state index contributed by atoms with van der Waals surface area (Å²) in [6, 6.07) is 12.0. The molecule has 0 spiro atoms. The van der Waals surface area contributed by atoms with E-state index in [1.165, 1.54) is 0 Å². The summed E-state index contributed by atoms with van der Waals surface area (Å²) in [5.41, 5.74) is 1.58. The Morgan fingerprint density at radius 3 is 2.21 bits per heavy atom. The van der Waals surface area contributed by atoms with Gasteiger partial charge >= 0.3 is 11.9 Å². The highest BCUT2D eigenvalue weighted by molar-refractivity contribution is 9.10. The first-order chi connectivity index (χ1) is 13.1. The molecular weight excluding hydrogens is 424 g/mol. The van der Waals surface area contributed by atoms with Gasteiger partial charge in [-0.2, -0.15) is 0 Å². The molecule has 0 aliphatic rings. The molecule has 2 rings (SSSR count). The number of hydrogen-bond acceptors (Lipinski definition) is 5. The molecule has 2 aromatic rings. The minimum Gasteiger partial charge on any atom is -0.481 e. The maximum Gasteiger partial charge on any atom is 0.349 e. The van der Waals surface area contributed by atoms with Crippen LogP contribution in [0.4, 0.5) is 0 Å². The predicted molar refractivity (Wildman–Crippen MR) is 111 cm³/mol. The van der Waals surface area contributed by atoms with Gasteiger partial charge in [-0.25, -0.2) is 9.59 Å². The van der Waals surface area contributed by atoms with Gasteiger partial charge in [0.1, 0.15) is 11.5 Å². The Labute approximate surface area is 174 Å². The number of hydrogen-bond donors (Lipinski definition) is 0. The van der Waals surface area contributed by atoms with Crippen LogP contribution in [0.15, 0.2) is 46.9 Å². The molecule has 0 saturated heterocycles. The summed E-state index contributed by atoms with van der Waals surface area (Å²) < 4.78 is 16.7. The summed E-state index contributed by atoms with van der Waals surface area (Å²) in [7, 11) is 0. The first kappa shape index (κ1) is 22.0. The quantitative estimate of drug-likeness (QED) is 0.443. The van der Waals surface area contributed by atoms with Gasteiger partial charge in [-0.3, -0.25) is 0 Å². The molecule has 0 amide bonds. The normalized spacial score (nSPS) is 11.2. The summed E-state index contributed by atoms with van der Waals surface area (Å²) >= 11 is 3.47. The van der Waals surface area contributed by atoms with E-state index in [1.807, 2.05) is 18.2 Å². The maximum atomic E-state index is 12.0. The number of carbonyl (C=O) groups is 2. The van der Waals surface area contributed by atoms with Gasteiger partial charge < -0.3 is 14.2 Å². The number of carbonyl (C=O) groups excluding carboxylic acids is 2. The Balaban J connectivity index is 1.91. The summed E-state index contributed by atoms with van der Waals surface area (Å²) in [6.07, 6.45) is -0.195. The van der Waals surface area contributed by atoms with Crippen molar-refractivity contribution < 1.29 is 23.8 Å². The summed E-state index contributed by atoms with van der Waals surface area (Å²) in [4.78, 5) is 23.8. The van der Waals surface area contributed by atoms with Gasteiger partial charge in [0.2, 0.25) is 0 Å². The topological polar surface area (TPSA) is 61.8 Å². The van der Waals surface area contributed by atoms with Crippen LogP contribution in [0.25, 0.3) is 0 Å². The smallest absolute Gasteiger partial charge is 0.349 e. The Hall–Kier alpha value is -2.34. The molecule has 5 nitrogen and oxygen atoms in total. The second-order valence-corrected chi connectivity index (χ2v) is 8.49. The van der Waals surface area contributed by atoms with E-state index >= 15 is 0 Å². The second kappa shape index (κ2) is 9.24. The van der Waals surface area contributed by atoms with E-state index in [2.05, 4.69) is 36.7 Å². The average Bonchev–Trinajstić information content (AvgIpc) is 2.59. The molecule has 0 aliphatic heterocycles. The molecule has 0 aromatic heterocycles. The average molecular weight is 449 g/mol. The molecular formula is C22H25BrO5. The molecule has 2 aromatic carbocycles. The molecule has 0 aliphatic carbocycles. The SMILES string of the molecule is CC(C)OC(=O)c1ccc(OC(=O)COc2ccc(C(C)(C)C)cc2Br)cc1. The largest absolute Gasteiger partial charge is 0.481 e. The Morgan fingerprint density at radius 2 is 1.68 bits per heavy atom. The third-order valence-electron chi connectivity index (χ3n) is 3.81. The number of esters is 2. The van der Waals surface area contributed by atoms with Crippen LogP contribution in [-0.4, -0.2) is 24.6 Å². The minimum atomic E-state index is -0.538. The van der Waals surface area contributed by atoms with Crippen LogP contribution in [0.5, 0.6) is 11.5 Å². The van der Waals surface area contributed by atoms with Crippen LogP contribution in [-0.2, 0) is 14.9 Å². The third-order valence-corrected chi connectivity index (χ3v) is 4.43. The van der Waals surface area contributed by atoms with Crippen molar-refractivity contribution in [2.45, 2.75) is 46.1 Å². The zero-order valence-electron chi connectivity index (χ0n) is 16.7. The van der Waals surface area contributed by atoms with Crippen molar-refractivity contribution in [3.63, 3.8) is 0 Å². The fourth-order valence-electron chi connectivity index (χ4n) is 2.32. The van der Waals surface area contributed by atoms with Crippen LogP contribution in [0.1, 0.15) is 50.5 Å². The van der Waals surface area contributed by atoms with Crippen molar-refractivity contribution in [2.24, 2.45) is 0 Å². The third kappa shape index (κ3) is 6.37. The van der Waals surface area contributed by atoms with Crippen LogP contribution < -0.4 is 9.47 Å². The van der Waals surface area contributed by atoms with E-state index in [0.717, 1.165) is 10.0 Å². The Morgan fingerprint density at radius 1 is 1.04 bits per heavy atom. The van der Waals surface area contributed by atoms with Crippen molar-refractivity contribution >= 4 is 27.9 Å². The molecule has 6 heteroatoms. The lowest BCUT2D eigenvalue weighted by Gasteiger charge is -2.20. The van der Waals surface area contributed by atoms with E-state index in [0.29, 0.717) is 17.1 Å². The molecule has 28 heavy (non-hydrogen) atoms. The molecule has 0 saturated carbocycles. The summed E-state index contributed by atoms with van der Waals surface area (Å²) in [6.45, 7) is 9.71. The highest BCUT2D eigenvalue weighted by Crippen LogP contribution is 2.31. The van der Waals surface area contributed by atoms with E-state index in [9.17, 15) is 9.59 Å². The minimum absolute atomic E-state index is 0.0216. The number of ether oxygens (including phenoxy) is 3. The van der Waals surface area contributed by atoms with Gasteiger partial charge in [0.25, 0.3) is 0 Å². The van der Waals surface area contributed by atoms with Gasteiger partial charge in [0.05, 0.1) is 16.1 Å². The van der Waals surface area contributed by atoms with Crippen molar-refractivity contribution in [2.75, 3.05) is 6.61 Å². The zero-order valence-corrected chi connectivity index (χ0v) is 18.3. The van der Waals surface area contributed by atoms with Crippen LogP contribution in [0.3, 0.4) is 0 Å². The Bertz CT molecular complexity index is 835. The van der Waals surface area contributed by atoms with Gasteiger partial charge in [-0.05, 0) is 77.2 Å². The molecule has 0 fully saturated rings. The van der Waals surface area contributed by atoms with Crippen LogP contribution in [0.2, 0.25) is 0 Å². The molecule has 150 valence electrons. The first-order valence-corrected chi connectivity index (χ1v) is 9.80. The van der Waals surface area contributed by atoms with Gasteiger partial charge in [0, 0.05) is 0 Å². The van der Waals surface area contributed by atoms with E-state index in [1.54, 1.807) is 38.1 Å². The van der Waals surface area contributed by atoms with Crippen LogP contribution in [0, 0.1) is 0 Å². The lowest BCUT2D eigenvalue weighted by atomic mass is 9.87. The summed E-state index contributed by atoms with van der Waals surface area (Å²) in [5.74, 6) is -0.0577. The molecule has 0 heterocycles. The maximum absolute atomic E-state index is 12.0. The molecule has 0 N–H and O–H groups in total. The van der Waals surface area contributed by atoms with E-state index in [-0.39, 0.29) is 18.1 Å². The molecule has 0 radical (unpaired) electrons. The van der Waals surface area contributed by atoms with E-state index < -0.39 is 11.9 Å². The van der Waals surface area contributed by atoms with E-state index in [4.69, 9.17) is 14.2 Å². The lowest BCUT2D eigenvalue weighted by molar-refractivity contribution is -0.136. The standard InChI is InChI=1S/C22H25BrO5/c1-14(2)27-21(25)15-6-9-17(10-7-15)28-20(24)13-26-19-11-8-16(12-18(19)23)22(3,4)5/h6-12,14H,13H2,1-5H3.